The highest BCUT2D eigenvalue weighted by Gasteiger charge is 2.05. The third-order valence-electron chi connectivity index (χ3n) is 1.85. The van der Waals surface area contributed by atoms with E-state index >= 15 is 0 Å². The summed E-state index contributed by atoms with van der Waals surface area (Å²) in [7, 11) is 1.61. The van der Waals surface area contributed by atoms with Gasteiger partial charge < -0.3 is 9.72 Å². The lowest BCUT2D eigenvalue weighted by atomic mass is 10.2. The summed E-state index contributed by atoms with van der Waals surface area (Å²) >= 11 is 6.03. The molecule has 0 aliphatic heterocycles. The summed E-state index contributed by atoms with van der Waals surface area (Å²) in [6.07, 6.45) is 1.86. The molecule has 0 atom stereocenters. The average Bonchev–Trinajstić information content (AvgIpc) is 2.53. The first-order chi connectivity index (χ1) is 5.83. The molecule has 1 aromatic heterocycles. The normalized spacial score (nSPS) is 10.5. The van der Waals surface area contributed by atoms with Gasteiger partial charge in [0.15, 0.2) is 0 Å². The Morgan fingerprint density at radius 3 is 2.92 bits per heavy atom. The van der Waals surface area contributed by atoms with Gasteiger partial charge in [-0.05, 0) is 18.2 Å². The number of hydrogen-bond acceptors (Lipinski definition) is 1. The van der Waals surface area contributed by atoms with E-state index in [0.29, 0.717) is 10.8 Å². The minimum Gasteiger partial charge on any atom is -0.495 e. The maximum absolute atomic E-state index is 6.03. The van der Waals surface area contributed by atoms with Crippen LogP contribution in [0.5, 0.6) is 5.75 Å². The third kappa shape index (κ3) is 0.959. The highest BCUT2D eigenvalue weighted by Crippen LogP contribution is 2.31. The Morgan fingerprint density at radius 2 is 2.17 bits per heavy atom. The molecule has 0 fully saturated rings. The van der Waals surface area contributed by atoms with Crippen LogP contribution in [0.25, 0.3) is 10.9 Å². The highest BCUT2D eigenvalue weighted by atomic mass is 35.5. The maximum atomic E-state index is 6.03. The number of benzene rings is 1. The van der Waals surface area contributed by atoms with E-state index in [-0.39, 0.29) is 0 Å². The van der Waals surface area contributed by atoms with Gasteiger partial charge in [0, 0.05) is 11.6 Å². The fourth-order valence-corrected chi connectivity index (χ4v) is 1.53. The summed E-state index contributed by atoms with van der Waals surface area (Å²) < 4.78 is 5.07. The molecule has 3 heteroatoms. The van der Waals surface area contributed by atoms with Crippen molar-refractivity contribution in [2.75, 3.05) is 7.11 Å². The number of H-pyrrole nitrogens is 1. The quantitative estimate of drug-likeness (QED) is 0.719. The van der Waals surface area contributed by atoms with Crippen molar-refractivity contribution in [3.8, 4) is 5.75 Å². The van der Waals surface area contributed by atoms with Crippen LogP contribution in [0.1, 0.15) is 0 Å². The van der Waals surface area contributed by atoms with Crippen molar-refractivity contribution in [3.05, 3.63) is 29.4 Å². The predicted molar refractivity (Wildman–Crippen MR) is 49.9 cm³/mol. The number of nitrogens with one attached hydrogen (secondary N) is 1. The Bertz CT molecular complexity index is 408. The Kier molecular flexibility index (Phi) is 1.70. The molecule has 2 rings (SSSR count). The van der Waals surface area contributed by atoms with Crippen molar-refractivity contribution in [2.45, 2.75) is 0 Å². The lowest BCUT2D eigenvalue weighted by molar-refractivity contribution is 0.415. The van der Waals surface area contributed by atoms with E-state index < -0.39 is 0 Å². The molecule has 1 N–H and O–H groups in total. The molecule has 2 nitrogen and oxygen atoms in total. The van der Waals surface area contributed by atoms with Crippen molar-refractivity contribution in [1.29, 1.82) is 0 Å². The van der Waals surface area contributed by atoms with Gasteiger partial charge in [-0.25, -0.2) is 0 Å². The van der Waals surface area contributed by atoms with Crippen LogP contribution in [0.15, 0.2) is 24.4 Å². The third-order valence-corrected chi connectivity index (χ3v) is 2.22. The summed E-state index contributed by atoms with van der Waals surface area (Å²) in [6, 6.07) is 5.80. The zero-order chi connectivity index (χ0) is 8.55. The summed E-state index contributed by atoms with van der Waals surface area (Å²) in [5.74, 6) is 0.701. The van der Waals surface area contributed by atoms with E-state index in [0.717, 1.165) is 10.9 Å². The number of halogens is 1. The van der Waals surface area contributed by atoms with Crippen molar-refractivity contribution in [3.63, 3.8) is 0 Å². The number of hydrogen-bond donors (Lipinski definition) is 1. The molecule has 0 saturated heterocycles. The molecule has 0 amide bonds. The Labute approximate surface area is 75.1 Å². The molecule has 2 aromatic rings. The van der Waals surface area contributed by atoms with Crippen molar-refractivity contribution in [1.82, 2.24) is 4.98 Å². The van der Waals surface area contributed by atoms with Crippen LogP contribution in [0.4, 0.5) is 0 Å². The first kappa shape index (κ1) is 7.50. The second kappa shape index (κ2) is 2.72. The first-order valence-corrected chi connectivity index (χ1v) is 4.00. The number of rotatable bonds is 1. The Hall–Kier alpha value is -1.15. The van der Waals surface area contributed by atoms with E-state index in [1.54, 1.807) is 7.11 Å². The second-order valence-electron chi connectivity index (χ2n) is 2.52. The molecule has 0 spiro atoms. The molecule has 0 radical (unpaired) electrons. The van der Waals surface area contributed by atoms with Gasteiger partial charge in [-0.1, -0.05) is 11.6 Å². The second-order valence-corrected chi connectivity index (χ2v) is 2.90. The van der Waals surface area contributed by atoms with E-state index in [9.17, 15) is 0 Å². The molecule has 0 unspecified atom stereocenters. The van der Waals surface area contributed by atoms with Gasteiger partial charge >= 0.3 is 0 Å². The van der Waals surface area contributed by atoms with E-state index in [1.165, 1.54) is 0 Å². The Balaban J connectivity index is 2.78. The molecule has 0 bridgehead atoms. The summed E-state index contributed by atoms with van der Waals surface area (Å²) in [4.78, 5) is 3.05. The topological polar surface area (TPSA) is 25.0 Å². The van der Waals surface area contributed by atoms with Crippen LogP contribution in [0.3, 0.4) is 0 Å². The van der Waals surface area contributed by atoms with Crippen LogP contribution in [0.2, 0.25) is 5.02 Å². The monoisotopic (exact) mass is 181 g/mol. The number of aromatic amines is 1. The summed E-state index contributed by atoms with van der Waals surface area (Å²) in [5, 5.41) is 1.74. The lowest BCUT2D eigenvalue weighted by Crippen LogP contribution is -1.83. The van der Waals surface area contributed by atoms with Crippen LogP contribution >= 0.6 is 11.6 Å². The summed E-state index contributed by atoms with van der Waals surface area (Å²) in [6.45, 7) is 0. The number of aromatic nitrogens is 1. The molecule has 0 aliphatic carbocycles. The zero-order valence-corrected chi connectivity index (χ0v) is 7.35. The Morgan fingerprint density at radius 1 is 1.33 bits per heavy atom. The van der Waals surface area contributed by atoms with E-state index in [2.05, 4.69) is 4.98 Å². The average molecular weight is 182 g/mol. The fourth-order valence-electron chi connectivity index (χ4n) is 1.23. The molecule has 1 aromatic carbocycles. The van der Waals surface area contributed by atoms with Crippen molar-refractivity contribution in [2.24, 2.45) is 0 Å². The van der Waals surface area contributed by atoms with Crippen LogP contribution in [-0.4, -0.2) is 12.1 Å². The van der Waals surface area contributed by atoms with Gasteiger partial charge in [0.05, 0.1) is 12.6 Å². The van der Waals surface area contributed by atoms with Crippen LogP contribution in [-0.2, 0) is 0 Å². The zero-order valence-electron chi connectivity index (χ0n) is 6.60. The van der Waals surface area contributed by atoms with Gasteiger partial charge in [-0.2, -0.15) is 0 Å². The molecule has 12 heavy (non-hydrogen) atoms. The largest absolute Gasteiger partial charge is 0.495 e. The fraction of sp³-hybridized carbons (Fsp3) is 0.111. The molecular formula is C9H8ClNO. The molecule has 62 valence electrons. The minimum absolute atomic E-state index is 0.639. The molecule has 0 saturated carbocycles. The molecule has 0 aliphatic rings. The minimum atomic E-state index is 0.639. The highest BCUT2D eigenvalue weighted by molar-refractivity contribution is 6.36. The van der Waals surface area contributed by atoms with Crippen LogP contribution in [0, 0.1) is 0 Å². The number of ether oxygens (including phenoxy) is 1. The maximum Gasteiger partial charge on any atom is 0.139 e. The van der Waals surface area contributed by atoms with Gasteiger partial charge in [-0.3, -0.25) is 0 Å². The van der Waals surface area contributed by atoms with Crippen LogP contribution < -0.4 is 4.74 Å². The lowest BCUT2D eigenvalue weighted by Gasteiger charge is -2.02. The SMILES string of the molecule is COc1ccc2cc[nH]c2c1Cl. The van der Waals surface area contributed by atoms with Gasteiger partial charge in [0.25, 0.3) is 0 Å². The number of fused-ring (bicyclic) bond motifs is 1. The summed E-state index contributed by atoms with van der Waals surface area (Å²) in [5.41, 5.74) is 0.927. The first-order valence-electron chi connectivity index (χ1n) is 3.62. The standard InChI is InChI=1S/C9H8ClNO/c1-12-7-3-2-6-4-5-11-9(6)8(7)10/h2-5,11H,1H3. The molecular weight excluding hydrogens is 174 g/mol. The molecule has 1 heterocycles. The van der Waals surface area contributed by atoms with Gasteiger partial charge in [0.1, 0.15) is 10.8 Å². The van der Waals surface area contributed by atoms with Crippen molar-refractivity contribution < 1.29 is 4.74 Å². The van der Waals surface area contributed by atoms with E-state index in [1.807, 2.05) is 24.4 Å². The van der Waals surface area contributed by atoms with Gasteiger partial charge in [0.2, 0.25) is 0 Å². The van der Waals surface area contributed by atoms with E-state index in [4.69, 9.17) is 16.3 Å². The number of methoxy groups -OCH3 is 1. The van der Waals surface area contributed by atoms with Gasteiger partial charge in [-0.15, -0.1) is 0 Å². The predicted octanol–water partition coefficient (Wildman–Crippen LogP) is 2.83. The van der Waals surface area contributed by atoms with Crippen molar-refractivity contribution >= 4 is 22.5 Å². The smallest absolute Gasteiger partial charge is 0.139 e.